The van der Waals surface area contributed by atoms with Crippen LogP contribution < -0.4 is 0 Å². The van der Waals surface area contributed by atoms with Gasteiger partial charge in [0.15, 0.2) is 0 Å². The van der Waals surface area contributed by atoms with Gasteiger partial charge in [0.2, 0.25) is 0 Å². The van der Waals surface area contributed by atoms with Crippen molar-refractivity contribution >= 4 is 0 Å². The van der Waals surface area contributed by atoms with Gasteiger partial charge in [-0.2, -0.15) is 0 Å². The first-order chi connectivity index (χ1) is 37.3. The fourth-order valence-electron chi connectivity index (χ4n) is 67.4. The largest absolute Gasteiger partial charge is 0.0654 e. The van der Waals surface area contributed by atoms with Crippen LogP contribution in [-0.4, -0.2) is 0 Å². The molecule has 0 radical (unpaired) electrons. The molecule has 0 aromatic carbocycles. The minimum Gasteiger partial charge on any atom is -0.0654 e. The van der Waals surface area contributed by atoms with E-state index in [9.17, 15) is 0 Å². The maximum absolute atomic E-state index is 2.18. The number of unbranched alkanes of at least 4 members (excludes halogenated alkanes) is 1. The molecule has 27 spiro atoms. The zero-order valence-electron chi connectivity index (χ0n) is 44.1. The molecule has 45 aliphatic carbocycles. The Bertz CT molecular complexity index is 4060. The average Bonchev–Trinajstić information content (AvgIpc) is 0.541. The highest BCUT2D eigenvalue weighted by Crippen LogP contribution is 3.71. The zero-order chi connectivity index (χ0) is 44.1. The summed E-state index contributed by atoms with van der Waals surface area (Å²) in [5.74, 6) is 41.8. The third kappa shape index (κ3) is 0.862. The SMILES string of the molecule is C1CCC1.C1CCC1.C1CCC2C(C1)C1C3C4C5C2C2C6C7C8C9C%10C%11C%12C%13C%14CCC%15C%16C%17C%14C%13%14C%17%13C%16%17C%15C%15C%16C%18C%19C%20C%21C%22C1C31C43C52C62C74C85C96C%107C%118C%12%14C%139C%15%17C%16%10C%18%11C%19%12C%20%13C%21%14C%221C32C%144C%135C%126C%117C%1089.CCCC. The van der Waals surface area contributed by atoms with Gasteiger partial charge in [-0.1, -0.05) is 90.9 Å². The lowest BCUT2D eigenvalue weighted by atomic mass is 8.35. The molecule has 0 N–H and O–H groups in total. The topological polar surface area (TPSA) is 0 Å². The van der Waals surface area contributed by atoms with Gasteiger partial charge in [-0.25, -0.2) is 0 Å². The van der Waals surface area contributed by atoms with Gasteiger partial charge in [0, 0.05) is 0 Å². The molecule has 45 aliphatic rings. The second kappa shape index (κ2) is 5.49. The smallest absolute Gasteiger partial charge is 0.000715 e. The monoisotopic (exact) mass is 969 g/mol. The molecule has 0 heterocycles. The molecule has 46 atom stereocenters. The number of fused-ring (bicyclic) bond motifs is 23. The highest BCUT2D eigenvalue weighted by atomic mass is 15.7. The third-order valence-corrected chi connectivity index (χ3v) is 55.2. The highest BCUT2D eigenvalue weighted by Gasteiger charge is 3.70. The first kappa shape index (κ1) is 30.5. The summed E-state index contributed by atoms with van der Waals surface area (Å²) in [5.41, 5.74) is 30.4. The van der Waals surface area contributed by atoms with Gasteiger partial charge >= 0.3 is 0 Å². The highest BCUT2D eigenvalue weighted by molar-refractivity contribution is 6.14. The van der Waals surface area contributed by atoms with Crippen molar-refractivity contribution in [1.82, 2.24) is 0 Å². The molecule has 0 bridgehead atoms. The first-order valence-corrected chi connectivity index (χ1v) is 37.3. The van der Waals surface area contributed by atoms with Crippen molar-refractivity contribution in [2.45, 2.75) is 117 Å². The Hall–Kier alpha value is 0. The molecule has 0 heteroatoms. The summed E-state index contributed by atoms with van der Waals surface area (Å²) in [6.07, 6.45) is 25.2. The van der Waals surface area contributed by atoms with Crippen LogP contribution in [0.25, 0.3) is 0 Å². The predicted octanol–water partition coefficient (Wildman–Crippen LogP) is 11.0. The van der Waals surface area contributed by atoms with Crippen molar-refractivity contribution in [2.75, 3.05) is 0 Å². The molecule has 45 rings (SSSR count). The zero-order valence-corrected chi connectivity index (χ0v) is 44.1. The third-order valence-electron chi connectivity index (χ3n) is 55.2. The maximum Gasteiger partial charge on any atom is -0.000715 e. The summed E-state index contributed by atoms with van der Waals surface area (Å²) in [5, 5.41) is 0. The van der Waals surface area contributed by atoms with Gasteiger partial charge in [-0.15, -0.1) is 0 Å². The Morgan fingerprint density at radius 3 is 0.720 bits per heavy atom. The molecule has 45 saturated carbocycles. The summed E-state index contributed by atoms with van der Waals surface area (Å²) in [6.45, 7) is 4.36. The molecule has 0 amide bonds. The van der Waals surface area contributed by atoms with Crippen molar-refractivity contribution in [2.24, 2.45) is 324 Å². The van der Waals surface area contributed by atoms with E-state index in [1.807, 2.05) is 12.8 Å². The fourth-order valence-corrected chi connectivity index (χ4v) is 67.4. The van der Waals surface area contributed by atoms with Gasteiger partial charge < -0.3 is 0 Å². The van der Waals surface area contributed by atoms with Crippen LogP contribution in [0.5, 0.6) is 0 Å². The van der Waals surface area contributed by atoms with Gasteiger partial charge in [0.05, 0.1) is 0 Å². The van der Waals surface area contributed by atoms with Crippen LogP contribution in [0.3, 0.4) is 0 Å². The van der Waals surface area contributed by atoms with Crippen molar-refractivity contribution in [1.29, 1.82) is 0 Å². The van der Waals surface area contributed by atoms with E-state index in [2.05, 4.69) is 13.8 Å². The Kier molecular flexibility index (Phi) is 2.23. The van der Waals surface area contributed by atoms with Gasteiger partial charge in [-0.05, 0) is 349 Å². The number of hydrogen-bond acceptors (Lipinski definition) is 0. The van der Waals surface area contributed by atoms with Crippen molar-refractivity contribution in [3.63, 3.8) is 0 Å². The van der Waals surface area contributed by atoms with Crippen LogP contribution in [0.1, 0.15) is 117 Å². The van der Waals surface area contributed by atoms with Crippen LogP contribution >= 0.6 is 0 Å². The van der Waals surface area contributed by atoms with Gasteiger partial charge in [0.1, 0.15) is 0 Å². The second-order valence-electron chi connectivity index (χ2n) is 43.8. The van der Waals surface area contributed by atoms with Crippen molar-refractivity contribution < 1.29 is 0 Å². The normalized spacial score (nSPS) is 117. The molecular formula is C75H68. The molecule has 75 heavy (non-hydrogen) atoms. The minimum absolute atomic E-state index is 1.10. The fraction of sp³-hybridized carbons (Fsp3) is 1.00. The summed E-state index contributed by atoms with van der Waals surface area (Å²) >= 11 is 0. The van der Waals surface area contributed by atoms with Crippen LogP contribution in [0.2, 0.25) is 0 Å². The van der Waals surface area contributed by atoms with Crippen LogP contribution in [-0.2, 0) is 0 Å². The lowest BCUT2D eigenvalue weighted by molar-refractivity contribution is -1.23. The van der Waals surface area contributed by atoms with E-state index >= 15 is 0 Å². The lowest BCUT2D eigenvalue weighted by Gasteiger charge is -3.67. The average molecular weight is 969 g/mol. The Balaban J connectivity index is 0.000000240. The van der Waals surface area contributed by atoms with Gasteiger partial charge in [0.25, 0.3) is 0 Å². The van der Waals surface area contributed by atoms with Crippen molar-refractivity contribution in [3.8, 4) is 0 Å². The summed E-state index contributed by atoms with van der Waals surface area (Å²) in [4.78, 5) is 0. The molecule has 45 fully saturated rings. The van der Waals surface area contributed by atoms with E-state index in [0.717, 1.165) is 146 Å². The molecular weight excluding hydrogens is 901 g/mol. The minimum atomic E-state index is 1.10. The molecule has 0 nitrogen and oxygen atoms in total. The molecule has 0 aromatic rings. The molecule has 368 valence electrons. The number of hydrogen-bond donors (Lipinski definition) is 0. The van der Waals surface area contributed by atoms with E-state index in [0.29, 0.717) is 0 Å². The Morgan fingerprint density at radius 1 is 0.200 bits per heavy atom. The van der Waals surface area contributed by atoms with E-state index in [1.165, 1.54) is 242 Å². The summed E-state index contributed by atoms with van der Waals surface area (Å²) in [7, 11) is 0. The molecule has 0 aromatic heterocycles. The standard InChI is InChI=1S/C63H42.2C4H8.C4H10/c1-2-4-8-7(3-1)11-17-24-18-12(8)20-26-30-34-36-32-28-23-16-10-6-5-9-13-21-14(10)38(16)41(21)37(13)15(9)22-27-31-35-33-29-25-19(11)39(17)42(24)40(18,20)46(26)50(30)54(34)56(36)52(32)48(28)44(23,38)57(41)43(22,37)47(27)51(31)55(35)53(33)49(29)45(25,39)58(42,46)60(49,50)62(53,54)63(55,56)61(51,52)59(47,48)57;2*1-2-4-3-1;1-3-4-2/h7-36H,1-6H2;2*1-4H2;3-4H2,1-2H3. The number of rotatable bonds is 1. The molecule has 0 aliphatic heterocycles. The quantitative estimate of drug-likeness (QED) is 0.246. The summed E-state index contributed by atoms with van der Waals surface area (Å²) in [6, 6.07) is 0. The lowest BCUT2D eigenvalue weighted by Crippen LogP contribution is -3.66. The Morgan fingerprint density at radius 2 is 0.427 bits per heavy atom. The van der Waals surface area contributed by atoms with E-state index < -0.39 is 0 Å². The van der Waals surface area contributed by atoms with Crippen molar-refractivity contribution in [3.05, 3.63) is 0 Å². The maximum atomic E-state index is 2.18. The van der Waals surface area contributed by atoms with E-state index in [1.54, 1.807) is 25.7 Å². The second-order valence-corrected chi connectivity index (χ2v) is 43.8. The Labute approximate surface area is 438 Å². The molecule has 0 saturated heterocycles. The first-order valence-electron chi connectivity index (χ1n) is 37.3. The van der Waals surface area contributed by atoms with Crippen LogP contribution in [0.15, 0.2) is 0 Å². The predicted molar refractivity (Wildman–Crippen MR) is 256 cm³/mol. The van der Waals surface area contributed by atoms with E-state index in [4.69, 9.17) is 0 Å². The summed E-state index contributed by atoms with van der Waals surface area (Å²) < 4.78 is 0. The van der Waals surface area contributed by atoms with E-state index in [-0.39, 0.29) is 0 Å². The van der Waals surface area contributed by atoms with Crippen LogP contribution in [0.4, 0.5) is 0 Å². The van der Waals surface area contributed by atoms with Gasteiger partial charge in [-0.3, -0.25) is 0 Å². The van der Waals surface area contributed by atoms with Crippen LogP contribution in [0, 0.1) is 324 Å². The molecule has 46 unspecified atom stereocenters.